The van der Waals surface area contributed by atoms with E-state index in [1.54, 1.807) is 11.3 Å². The lowest BCUT2D eigenvalue weighted by atomic mass is 10.1. The van der Waals surface area contributed by atoms with Crippen LogP contribution in [0, 0.1) is 6.92 Å². The van der Waals surface area contributed by atoms with Gasteiger partial charge in [0.05, 0.1) is 11.7 Å². The zero-order valence-corrected chi connectivity index (χ0v) is 9.14. The molecule has 0 aliphatic heterocycles. The van der Waals surface area contributed by atoms with E-state index in [-0.39, 0.29) is 0 Å². The standard InChI is InChI=1S/C12H10N2S/c1-8-4-9(7-15-8)11-5-14-12-6-13-3-2-10(11)12/h2-7,14H,1H3. The van der Waals surface area contributed by atoms with Gasteiger partial charge in [-0.05, 0) is 30.0 Å². The third kappa shape index (κ3) is 1.36. The molecule has 0 atom stereocenters. The molecule has 0 aliphatic carbocycles. The fourth-order valence-corrected chi connectivity index (χ4v) is 2.50. The number of fused-ring (bicyclic) bond motifs is 1. The van der Waals surface area contributed by atoms with Crippen molar-refractivity contribution in [3.63, 3.8) is 0 Å². The van der Waals surface area contributed by atoms with Gasteiger partial charge in [0.25, 0.3) is 0 Å². The minimum absolute atomic E-state index is 1.09. The van der Waals surface area contributed by atoms with E-state index >= 15 is 0 Å². The Bertz CT molecular complexity index is 607. The number of thiophene rings is 1. The molecule has 74 valence electrons. The highest BCUT2D eigenvalue weighted by Gasteiger charge is 2.06. The Morgan fingerprint density at radius 3 is 3.13 bits per heavy atom. The summed E-state index contributed by atoms with van der Waals surface area (Å²) in [6.45, 7) is 2.13. The van der Waals surface area contributed by atoms with Crippen molar-refractivity contribution in [1.82, 2.24) is 9.97 Å². The predicted molar refractivity (Wildman–Crippen MR) is 64.1 cm³/mol. The average Bonchev–Trinajstić information content (AvgIpc) is 2.83. The van der Waals surface area contributed by atoms with Gasteiger partial charge in [0.15, 0.2) is 0 Å². The molecule has 0 radical (unpaired) electrons. The van der Waals surface area contributed by atoms with Crippen LogP contribution in [-0.4, -0.2) is 9.97 Å². The maximum absolute atomic E-state index is 4.10. The number of aromatic nitrogens is 2. The van der Waals surface area contributed by atoms with Crippen LogP contribution in [0.15, 0.2) is 36.1 Å². The van der Waals surface area contributed by atoms with Gasteiger partial charge in [0.1, 0.15) is 0 Å². The van der Waals surface area contributed by atoms with Gasteiger partial charge in [-0.15, -0.1) is 11.3 Å². The van der Waals surface area contributed by atoms with Gasteiger partial charge in [-0.1, -0.05) is 0 Å². The first-order valence-corrected chi connectivity index (χ1v) is 5.69. The van der Waals surface area contributed by atoms with Gasteiger partial charge in [-0.3, -0.25) is 4.98 Å². The van der Waals surface area contributed by atoms with E-state index in [4.69, 9.17) is 0 Å². The molecule has 1 N–H and O–H groups in total. The molecular weight excluding hydrogens is 204 g/mol. The number of nitrogens with one attached hydrogen (secondary N) is 1. The average molecular weight is 214 g/mol. The van der Waals surface area contributed by atoms with Gasteiger partial charge in [0.2, 0.25) is 0 Å². The fourth-order valence-electron chi connectivity index (χ4n) is 1.80. The number of hydrogen-bond donors (Lipinski definition) is 1. The molecule has 0 amide bonds. The third-order valence-electron chi connectivity index (χ3n) is 2.52. The maximum Gasteiger partial charge on any atom is 0.0646 e. The van der Waals surface area contributed by atoms with Crippen LogP contribution < -0.4 is 0 Å². The smallest absolute Gasteiger partial charge is 0.0646 e. The molecule has 3 heteroatoms. The summed E-state index contributed by atoms with van der Waals surface area (Å²) in [5.74, 6) is 0. The van der Waals surface area contributed by atoms with Crippen molar-refractivity contribution in [3.05, 3.63) is 41.0 Å². The second kappa shape index (κ2) is 3.21. The zero-order valence-electron chi connectivity index (χ0n) is 8.32. The molecule has 0 spiro atoms. The Hall–Kier alpha value is -1.61. The van der Waals surface area contributed by atoms with Gasteiger partial charge < -0.3 is 4.98 Å². The minimum atomic E-state index is 1.09. The van der Waals surface area contributed by atoms with Crippen molar-refractivity contribution in [3.8, 4) is 11.1 Å². The van der Waals surface area contributed by atoms with Crippen LogP contribution in [0.1, 0.15) is 4.88 Å². The Morgan fingerprint density at radius 1 is 1.40 bits per heavy atom. The summed E-state index contributed by atoms with van der Waals surface area (Å²) in [7, 11) is 0. The molecule has 0 unspecified atom stereocenters. The normalized spacial score (nSPS) is 11.0. The number of aryl methyl sites for hydroxylation is 1. The monoisotopic (exact) mass is 214 g/mol. The first-order chi connectivity index (χ1) is 7.34. The van der Waals surface area contributed by atoms with E-state index in [0.717, 1.165) is 5.52 Å². The van der Waals surface area contributed by atoms with Gasteiger partial charge in [-0.25, -0.2) is 0 Å². The van der Waals surface area contributed by atoms with Crippen molar-refractivity contribution in [1.29, 1.82) is 0 Å². The van der Waals surface area contributed by atoms with E-state index < -0.39 is 0 Å². The van der Waals surface area contributed by atoms with Gasteiger partial charge in [-0.2, -0.15) is 0 Å². The SMILES string of the molecule is Cc1cc(-c2c[nH]c3cnccc23)cs1. The summed E-state index contributed by atoms with van der Waals surface area (Å²) in [5, 5.41) is 3.43. The summed E-state index contributed by atoms with van der Waals surface area (Å²) in [5.41, 5.74) is 3.64. The molecule has 2 nitrogen and oxygen atoms in total. The maximum atomic E-state index is 4.10. The van der Waals surface area contributed by atoms with Crippen LogP contribution >= 0.6 is 11.3 Å². The summed E-state index contributed by atoms with van der Waals surface area (Å²) < 4.78 is 0. The van der Waals surface area contributed by atoms with Crippen molar-refractivity contribution < 1.29 is 0 Å². The molecule has 3 heterocycles. The van der Waals surface area contributed by atoms with Crippen LogP contribution in [-0.2, 0) is 0 Å². The molecular formula is C12H10N2S. The number of nitrogens with zero attached hydrogens (tertiary/aromatic N) is 1. The van der Waals surface area contributed by atoms with Crippen molar-refractivity contribution >= 4 is 22.2 Å². The summed E-state index contributed by atoms with van der Waals surface area (Å²) >= 11 is 1.78. The number of H-pyrrole nitrogens is 1. The summed E-state index contributed by atoms with van der Waals surface area (Å²) in [4.78, 5) is 8.68. The first kappa shape index (κ1) is 8.68. The third-order valence-corrected chi connectivity index (χ3v) is 3.39. The molecule has 0 aliphatic rings. The van der Waals surface area contributed by atoms with E-state index in [0.29, 0.717) is 0 Å². The lowest BCUT2D eigenvalue weighted by Crippen LogP contribution is -1.72. The Morgan fingerprint density at radius 2 is 2.33 bits per heavy atom. The van der Waals surface area contributed by atoms with E-state index in [1.165, 1.54) is 21.4 Å². The predicted octanol–water partition coefficient (Wildman–Crippen LogP) is 3.60. The second-order valence-electron chi connectivity index (χ2n) is 3.57. The van der Waals surface area contributed by atoms with Crippen molar-refractivity contribution in [2.45, 2.75) is 6.92 Å². The largest absolute Gasteiger partial charge is 0.359 e. The van der Waals surface area contributed by atoms with E-state index in [9.17, 15) is 0 Å². The Kier molecular flexibility index (Phi) is 1.86. The van der Waals surface area contributed by atoms with Crippen LogP contribution in [0.2, 0.25) is 0 Å². The highest BCUT2D eigenvalue weighted by atomic mass is 32.1. The first-order valence-electron chi connectivity index (χ1n) is 4.81. The topological polar surface area (TPSA) is 28.7 Å². The van der Waals surface area contributed by atoms with Crippen LogP contribution in [0.5, 0.6) is 0 Å². The van der Waals surface area contributed by atoms with Crippen LogP contribution in [0.4, 0.5) is 0 Å². The number of aromatic amines is 1. The highest BCUT2D eigenvalue weighted by molar-refractivity contribution is 7.10. The molecule has 0 saturated carbocycles. The quantitative estimate of drug-likeness (QED) is 0.658. The highest BCUT2D eigenvalue weighted by Crippen LogP contribution is 2.30. The molecule has 0 aromatic carbocycles. The van der Waals surface area contributed by atoms with Crippen molar-refractivity contribution in [2.75, 3.05) is 0 Å². The molecule has 15 heavy (non-hydrogen) atoms. The Balaban J connectivity index is 2.27. The Labute approximate surface area is 91.6 Å². The van der Waals surface area contributed by atoms with E-state index in [2.05, 4.69) is 28.3 Å². The van der Waals surface area contributed by atoms with Crippen LogP contribution in [0.25, 0.3) is 22.0 Å². The second-order valence-corrected chi connectivity index (χ2v) is 4.68. The summed E-state index contributed by atoms with van der Waals surface area (Å²) in [6.07, 6.45) is 5.74. The van der Waals surface area contributed by atoms with Crippen molar-refractivity contribution in [2.24, 2.45) is 0 Å². The van der Waals surface area contributed by atoms with E-state index in [1.807, 2.05) is 24.7 Å². The lowest BCUT2D eigenvalue weighted by Gasteiger charge is -1.93. The molecule has 3 aromatic rings. The summed E-state index contributed by atoms with van der Waals surface area (Å²) in [6, 6.07) is 4.27. The molecule has 0 saturated heterocycles. The lowest BCUT2D eigenvalue weighted by molar-refractivity contribution is 1.34. The molecule has 0 fully saturated rings. The fraction of sp³-hybridized carbons (Fsp3) is 0.0833. The van der Waals surface area contributed by atoms with Gasteiger partial charge in [0, 0.05) is 28.2 Å². The number of hydrogen-bond acceptors (Lipinski definition) is 2. The number of rotatable bonds is 1. The van der Waals surface area contributed by atoms with Gasteiger partial charge >= 0.3 is 0 Å². The molecule has 3 aromatic heterocycles. The minimum Gasteiger partial charge on any atom is -0.359 e. The molecule has 3 rings (SSSR count). The number of pyridine rings is 1. The zero-order chi connectivity index (χ0) is 10.3. The molecule has 0 bridgehead atoms. The van der Waals surface area contributed by atoms with Crippen LogP contribution in [0.3, 0.4) is 0 Å².